The molecule has 90 valence electrons. The highest BCUT2D eigenvalue weighted by Crippen LogP contribution is 2.07. The highest BCUT2D eigenvalue weighted by molar-refractivity contribution is 6.30. The Morgan fingerprint density at radius 1 is 1.47 bits per heavy atom. The lowest BCUT2D eigenvalue weighted by Crippen LogP contribution is -2.05. The van der Waals surface area contributed by atoms with E-state index >= 15 is 0 Å². The largest absolute Gasteiger partial charge is 0.313 e. The van der Waals surface area contributed by atoms with Crippen molar-refractivity contribution in [1.82, 2.24) is 5.43 Å². The van der Waals surface area contributed by atoms with Crippen LogP contribution in [-0.4, -0.2) is 19.0 Å². The number of rotatable bonds is 6. The molecular formula is C14H19N3. The van der Waals surface area contributed by atoms with E-state index in [0.717, 1.165) is 17.7 Å². The molecule has 1 rings (SSSR count). The van der Waals surface area contributed by atoms with E-state index in [4.69, 9.17) is 0 Å². The first-order valence-corrected chi connectivity index (χ1v) is 5.74. The van der Waals surface area contributed by atoms with Gasteiger partial charge < -0.3 is 5.43 Å². The Morgan fingerprint density at radius 2 is 2.29 bits per heavy atom. The molecule has 0 aliphatic heterocycles. The first-order chi connectivity index (χ1) is 8.30. The molecule has 0 bridgehead atoms. The number of hydrazone groups is 1. The van der Waals surface area contributed by atoms with Gasteiger partial charge in [0, 0.05) is 13.3 Å². The Morgan fingerprint density at radius 3 is 2.94 bits per heavy atom. The average molecular weight is 229 g/mol. The predicted molar refractivity (Wildman–Crippen MR) is 75.5 cm³/mol. The fraction of sp³-hybridized carbons (Fsp3) is 0.286. The zero-order valence-electron chi connectivity index (χ0n) is 10.5. The van der Waals surface area contributed by atoms with Crippen LogP contribution in [0.5, 0.6) is 0 Å². The molecule has 0 radical (unpaired) electrons. The fourth-order valence-corrected chi connectivity index (χ4v) is 1.42. The second kappa shape index (κ2) is 7.39. The van der Waals surface area contributed by atoms with Crippen molar-refractivity contribution in [3.8, 4) is 0 Å². The van der Waals surface area contributed by atoms with E-state index in [2.05, 4.69) is 41.2 Å². The van der Waals surface area contributed by atoms with Gasteiger partial charge in [0.25, 0.3) is 0 Å². The molecule has 0 saturated heterocycles. The van der Waals surface area contributed by atoms with Gasteiger partial charge in [-0.25, -0.2) is 0 Å². The molecule has 0 atom stereocenters. The van der Waals surface area contributed by atoms with Gasteiger partial charge in [-0.15, -0.1) is 0 Å². The first-order valence-electron chi connectivity index (χ1n) is 5.74. The molecule has 1 aromatic rings. The van der Waals surface area contributed by atoms with Gasteiger partial charge >= 0.3 is 0 Å². The van der Waals surface area contributed by atoms with E-state index in [9.17, 15) is 0 Å². The lowest BCUT2D eigenvalue weighted by atomic mass is 10.1. The molecule has 0 aliphatic rings. The minimum absolute atomic E-state index is 0.671. The second-order valence-corrected chi connectivity index (χ2v) is 3.60. The highest BCUT2D eigenvalue weighted by Gasteiger charge is 1.93. The van der Waals surface area contributed by atoms with Gasteiger partial charge in [-0.1, -0.05) is 37.8 Å². The van der Waals surface area contributed by atoms with Crippen molar-refractivity contribution in [2.75, 3.05) is 7.05 Å². The minimum Gasteiger partial charge on any atom is -0.313 e. The molecule has 1 aromatic carbocycles. The van der Waals surface area contributed by atoms with Gasteiger partial charge in [0.15, 0.2) is 0 Å². The van der Waals surface area contributed by atoms with E-state index in [0.29, 0.717) is 6.54 Å². The van der Waals surface area contributed by atoms with Crippen LogP contribution in [0, 0.1) is 0 Å². The van der Waals surface area contributed by atoms with Crippen LogP contribution in [0.25, 0.3) is 6.08 Å². The Balaban J connectivity index is 2.63. The molecule has 0 spiro atoms. The van der Waals surface area contributed by atoms with E-state index in [1.165, 1.54) is 5.56 Å². The molecule has 0 fully saturated rings. The number of aliphatic imine (C=N–C) groups is 1. The lowest BCUT2D eigenvalue weighted by Gasteiger charge is -1.99. The second-order valence-electron chi connectivity index (χ2n) is 3.60. The lowest BCUT2D eigenvalue weighted by molar-refractivity contribution is 0.896. The Hall–Kier alpha value is -1.90. The maximum atomic E-state index is 4.38. The molecule has 0 unspecified atom stereocenters. The molecule has 0 amide bonds. The fourth-order valence-electron chi connectivity index (χ4n) is 1.42. The molecular weight excluding hydrogens is 210 g/mol. The smallest absolute Gasteiger partial charge is 0.0778 e. The summed E-state index contributed by atoms with van der Waals surface area (Å²) in [5.41, 5.74) is 6.02. The van der Waals surface area contributed by atoms with Crippen LogP contribution in [0.3, 0.4) is 0 Å². The summed E-state index contributed by atoms with van der Waals surface area (Å²) >= 11 is 0. The van der Waals surface area contributed by atoms with Gasteiger partial charge in [0.05, 0.1) is 12.3 Å². The summed E-state index contributed by atoms with van der Waals surface area (Å²) in [4.78, 5) is 4.38. The van der Waals surface area contributed by atoms with Crippen LogP contribution in [-0.2, 0) is 6.54 Å². The van der Waals surface area contributed by atoms with Crippen molar-refractivity contribution in [3.05, 3.63) is 42.0 Å². The van der Waals surface area contributed by atoms with Crippen molar-refractivity contribution < 1.29 is 0 Å². The molecule has 0 aliphatic carbocycles. The molecule has 3 nitrogen and oxygen atoms in total. The van der Waals surface area contributed by atoms with Crippen LogP contribution in [0.1, 0.15) is 24.5 Å². The number of hydrogen-bond acceptors (Lipinski definition) is 3. The standard InChI is InChI=1S/C14H19N3/c1-4-12-7-6-8-13(9-12)10-16-11-14(5-2)17-15-3/h4,6-9,11,15H,1,5,10H2,2-3H3. The quantitative estimate of drug-likeness (QED) is 0.591. The van der Waals surface area contributed by atoms with Gasteiger partial charge in [0.1, 0.15) is 0 Å². The normalized spacial score (nSPS) is 11.8. The van der Waals surface area contributed by atoms with Crippen LogP contribution >= 0.6 is 0 Å². The van der Waals surface area contributed by atoms with Crippen molar-refractivity contribution in [1.29, 1.82) is 0 Å². The van der Waals surface area contributed by atoms with E-state index < -0.39 is 0 Å². The summed E-state index contributed by atoms with van der Waals surface area (Å²) in [5, 5.41) is 4.11. The highest BCUT2D eigenvalue weighted by atomic mass is 15.3. The molecule has 17 heavy (non-hydrogen) atoms. The van der Waals surface area contributed by atoms with Crippen molar-refractivity contribution in [3.63, 3.8) is 0 Å². The van der Waals surface area contributed by atoms with E-state index in [1.54, 1.807) is 7.05 Å². The molecule has 0 heterocycles. The van der Waals surface area contributed by atoms with Gasteiger partial charge in [-0.05, 0) is 23.6 Å². The predicted octanol–water partition coefficient (Wildman–Crippen LogP) is 2.89. The molecule has 3 heteroatoms. The third-order valence-electron chi connectivity index (χ3n) is 2.32. The summed E-state index contributed by atoms with van der Waals surface area (Å²) in [6.45, 7) is 6.48. The molecule has 0 saturated carbocycles. The number of nitrogens with one attached hydrogen (secondary N) is 1. The van der Waals surface area contributed by atoms with Gasteiger partial charge in [-0.2, -0.15) is 5.10 Å². The zero-order valence-corrected chi connectivity index (χ0v) is 10.5. The Kier molecular flexibility index (Phi) is 5.72. The summed E-state index contributed by atoms with van der Waals surface area (Å²) in [6.07, 6.45) is 4.53. The summed E-state index contributed by atoms with van der Waals surface area (Å²) in [6, 6.07) is 8.20. The van der Waals surface area contributed by atoms with E-state index in [1.807, 2.05) is 24.4 Å². The number of hydrogen-bond donors (Lipinski definition) is 1. The first kappa shape index (κ1) is 13.2. The van der Waals surface area contributed by atoms with Gasteiger partial charge in [0.2, 0.25) is 0 Å². The van der Waals surface area contributed by atoms with Gasteiger partial charge in [-0.3, -0.25) is 4.99 Å². The molecule has 1 N–H and O–H groups in total. The SMILES string of the molecule is C=Cc1cccc(CN=CC(CC)=NNC)c1. The minimum atomic E-state index is 0.671. The van der Waals surface area contributed by atoms with Crippen LogP contribution in [0.2, 0.25) is 0 Å². The van der Waals surface area contributed by atoms with Crippen LogP contribution in [0.4, 0.5) is 0 Å². The van der Waals surface area contributed by atoms with Crippen LogP contribution in [0.15, 0.2) is 40.9 Å². The summed E-state index contributed by atoms with van der Waals surface area (Å²) < 4.78 is 0. The number of benzene rings is 1. The maximum absolute atomic E-state index is 4.38. The Bertz CT molecular complexity index is 419. The third-order valence-corrected chi connectivity index (χ3v) is 2.32. The average Bonchev–Trinajstić information content (AvgIpc) is 2.38. The third kappa shape index (κ3) is 4.64. The van der Waals surface area contributed by atoms with E-state index in [-0.39, 0.29) is 0 Å². The number of nitrogens with zero attached hydrogens (tertiary/aromatic N) is 2. The van der Waals surface area contributed by atoms with Crippen molar-refractivity contribution in [2.45, 2.75) is 19.9 Å². The molecule has 0 aromatic heterocycles. The summed E-state index contributed by atoms with van der Waals surface area (Å²) in [5.74, 6) is 0. The maximum Gasteiger partial charge on any atom is 0.0778 e. The zero-order chi connectivity index (χ0) is 12.5. The summed E-state index contributed by atoms with van der Waals surface area (Å²) in [7, 11) is 1.79. The Labute approximate surface area is 103 Å². The van der Waals surface area contributed by atoms with Crippen molar-refractivity contribution >= 4 is 18.0 Å². The van der Waals surface area contributed by atoms with Crippen LogP contribution < -0.4 is 5.43 Å². The monoisotopic (exact) mass is 229 g/mol. The van der Waals surface area contributed by atoms with Crippen molar-refractivity contribution in [2.24, 2.45) is 10.1 Å². The topological polar surface area (TPSA) is 36.8 Å².